The second-order valence-electron chi connectivity index (χ2n) is 4.63. The molecule has 1 heterocycles. The van der Waals surface area contributed by atoms with E-state index in [1.54, 1.807) is 16.9 Å². The first-order valence-electron chi connectivity index (χ1n) is 6.19. The number of nitrogens with one attached hydrogen (secondary N) is 1. The van der Waals surface area contributed by atoms with Gasteiger partial charge in [0.15, 0.2) is 0 Å². The summed E-state index contributed by atoms with van der Waals surface area (Å²) in [5.74, 6) is 0.138. The summed E-state index contributed by atoms with van der Waals surface area (Å²) in [5, 5.41) is 17.4. The van der Waals surface area contributed by atoms with E-state index in [1.807, 2.05) is 13.8 Å². The third-order valence-electron chi connectivity index (χ3n) is 2.81. The lowest BCUT2D eigenvalue weighted by molar-refractivity contribution is -0.384. The molecular formula is C13H13ClN4O3. The summed E-state index contributed by atoms with van der Waals surface area (Å²) in [5.41, 5.74) is 0.00236. The van der Waals surface area contributed by atoms with Crippen LogP contribution in [0.1, 0.15) is 30.2 Å². The molecule has 0 radical (unpaired) electrons. The molecule has 0 aliphatic carbocycles. The molecule has 0 atom stereocenters. The summed E-state index contributed by atoms with van der Waals surface area (Å²) in [4.78, 5) is 22.2. The summed E-state index contributed by atoms with van der Waals surface area (Å²) in [6.07, 6.45) is 1.58. The molecule has 1 aromatic heterocycles. The lowest BCUT2D eigenvalue weighted by atomic mass is 10.2. The van der Waals surface area contributed by atoms with Crippen LogP contribution in [-0.2, 0) is 0 Å². The lowest BCUT2D eigenvalue weighted by Crippen LogP contribution is -2.16. The van der Waals surface area contributed by atoms with E-state index in [4.69, 9.17) is 11.6 Å². The Morgan fingerprint density at radius 3 is 2.71 bits per heavy atom. The minimum Gasteiger partial charge on any atom is -0.307 e. The van der Waals surface area contributed by atoms with Gasteiger partial charge in [-0.1, -0.05) is 11.6 Å². The van der Waals surface area contributed by atoms with E-state index < -0.39 is 10.8 Å². The maximum absolute atomic E-state index is 12.1. The third-order valence-corrected chi connectivity index (χ3v) is 3.11. The number of hydrogen-bond donors (Lipinski definition) is 1. The molecule has 0 aliphatic rings. The first-order chi connectivity index (χ1) is 9.90. The SMILES string of the molecule is CC(C)n1nccc1NC(=O)c1ccc([N+](=O)[O-])c(Cl)c1. The van der Waals surface area contributed by atoms with Crippen molar-refractivity contribution in [3.8, 4) is 0 Å². The number of nitro benzene ring substituents is 1. The third kappa shape index (κ3) is 3.19. The van der Waals surface area contributed by atoms with E-state index in [-0.39, 0.29) is 22.3 Å². The number of nitrogens with zero attached hydrogens (tertiary/aromatic N) is 3. The van der Waals surface area contributed by atoms with E-state index in [0.29, 0.717) is 5.82 Å². The normalized spacial score (nSPS) is 10.7. The second kappa shape index (κ2) is 5.92. The Morgan fingerprint density at radius 2 is 2.14 bits per heavy atom. The minimum absolute atomic E-state index is 0.0787. The Kier molecular flexibility index (Phi) is 4.23. The van der Waals surface area contributed by atoms with Crippen molar-refractivity contribution in [1.82, 2.24) is 9.78 Å². The highest BCUT2D eigenvalue weighted by atomic mass is 35.5. The Labute approximate surface area is 125 Å². The van der Waals surface area contributed by atoms with Crippen molar-refractivity contribution in [3.05, 3.63) is 51.2 Å². The van der Waals surface area contributed by atoms with Crippen molar-refractivity contribution in [1.29, 1.82) is 0 Å². The van der Waals surface area contributed by atoms with Crippen LogP contribution in [0.15, 0.2) is 30.5 Å². The molecule has 21 heavy (non-hydrogen) atoms. The van der Waals surface area contributed by atoms with Crippen LogP contribution in [0.3, 0.4) is 0 Å². The molecule has 0 fully saturated rings. The molecule has 1 N–H and O–H groups in total. The smallest absolute Gasteiger partial charge is 0.287 e. The van der Waals surface area contributed by atoms with Crippen LogP contribution in [0.2, 0.25) is 5.02 Å². The molecule has 7 nitrogen and oxygen atoms in total. The molecule has 2 rings (SSSR count). The number of carbonyl (C=O) groups is 1. The molecule has 1 aromatic carbocycles. The maximum atomic E-state index is 12.1. The van der Waals surface area contributed by atoms with Crippen LogP contribution in [0.4, 0.5) is 11.5 Å². The van der Waals surface area contributed by atoms with Gasteiger partial charge in [0.1, 0.15) is 10.8 Å². The molecule has 0 saturated carbocycles. The number of nitro groups is 1. The quantitative estimate of drug-likeness (QED) is 0.693. The zero-order valence-corrected chi connectivity index (χ0v) is 12.2. The molecule has 1 amide bonds. The highest BCUT2D eigenvalue weighted by Crippen LogP contribution is 2.25. The fourth-order valence-corrected chi connectivity index (χ4v) is 2.06. The number of hydrogen-bond acceptors (Lipinski definition) is 4. The van der Waals surface area contributed by atoms with Gasteiger partial charge in [-0.3, -0.25) is 14.9 Å². The van der Waals surface area contributed by atoms with E-state index in [0.717, 1.165) is 0 Å². The van der Waals surface area contributed by atoms with Crippen LogP contribution in [0.25, 0.3) is 0 Å². The average molecular weight is 309 g/mol. The van der Waals surface area contributed by atoms with Crippen LogP contribution in [0.5, 0.6) is 0 Å². The number of carbonyl (C=O) groups excluding carboxylic acids is 1. The average Bonchev–Trinajstić information content (AvgIpc) is 2.86. The van der Waals surface area contributed by atoms with Crippen molar-refractivity contribution in [2.24, 2.45) is 0 Å². The first kappa shape index (κ1) is 15.0. The minimum atomic E-state index is -0.599. The Morgan fingerprint density at radius 1 is 1.43 bits per heavy atom. The van der Waals surface area contributed by atoms with Gasteiger partial charge in [-0.2, -0.15) is 5.10 Å². The number of anilines is 1. The van der Waals surface area contributed by atoms with Crippen molar-refractivity contribution in [3.63, 3.8) is 0 Å². The fourth-order valence-electron chi connectivity index (χ4n) is 1.81. The van der Waals surface area contributed by atoms with Crippen LogP contribution < -0.4 is 5.32 Å². The second-order valence-corrected chi connectivity index (χ2v) is 5.04. The topological polar surface area (TPSA) is 90.1 Å². The molecular weight excluding hydrogens is 296 g/mol. The Balaban J connectivity index is 2.23. The van der Waals surface area contributed by atoms with Gasteiger partial charge in [-0.25, -0.2) is 4.68 Å². The molecule has 0 spiro atoms. The summed E-state index contributed by atoms with van der Waals surface area (Å²) < 4.78 is 1.66. The van der Waals surface area contributed by atoms with Gasteiger partial charge in [0.2, 0.25) is 0 Å². The number of amides is 1. The van der Waals surface area contributed by atoms with Crippen molar-refractivity contribution < 1.29 is 9.72 Å². The Bertz CT molecular complexity index is 696. The van der Waals surface area contributed by atoms with E-state index >= 15 is 0 Å². The summed E-state index contributed by atoms with van der Waals surface area (Å²) in [6, 6.07) is 5.60. The van der Waals surface area contributed by atoms with Crippen LogP contribution in [-0.4, -0.2) is 20.6 Å². The molecule has 0 unspecified atom stereocenters. The molecule has 8 heteroatoms. The van der Waals surface area contributed by atoms with E-state index in [2.05, 4.69) is 10.4 Å². The largest absolute Gasteiger partial charge is 0.307 e. The first-order valence-corrected chi connectivity index (χ1v) is 6.56. The number of aromatic nitrogens is 2. The molecule has 0 aliphatic heterocycles. The number of rotatable bonds is 4. The highest BCUT2D eigenvalue weighted by molar-refractivity contribution is 6.33. The predicted molar refractivity (Wildman–Crippen MR) is 78.7 cm³/mol. The zero-order chi connectivity index (χ0) is 15.6. The summed E-state index contributed by atoms with van der Waals surface area (Å²) in [6.45, 7) is 3.87. The van der Waals surface area contributed by atoms with Gasteiger partial charge in [0.05, 0.1) is 11.1 Å². The van der Waals surface area contributed by atoms with Gasteiger partial charge in [0.25, 0.3) is 11.6 Å². The molecule has 0 bridgehead atoms. The van der Waals surface area contributed by atoms with E-state index in [1.165, 1.54) is 18.2 Å². The van der Waals surface area contributed by atoms with Gasteiger partial charge < -0.3 is 5.32 Å². The van der Waals surface area contributed by atoms with Crippen LogP contribution >= 0.6 is 11.6 Å². The maximum Gasteiger partial charge on any atom is 0.287 e. The summed E-state index contributed by atoms with van der Waals surface area (Å²) >= 11 is 5.79. The molecule has 110 valence electrons. The number of halogens is 1. The van der Waals surface area contributed by atoms with Crippen molar-refractivity contribution >= 4 is 29.0 Å². The van der Waals surface area contributed by atoms with Gasteiger partial charge >= 0.3 is 0 Å². The molecule has 0 saturated heterocycles. The fraction of sp³-hybridized carbons (Fsp3) is 0.231. The van der Waals surface area contributed by atoms with E-state index in [9.17, 15) is 14.9 Å². The van der Waals surface area contributed by atoms with Gasteiger partial charge in [0, 0.05) is 23.7 Å². The lowest BCUT2D eigenvalue weighted by Gasteiger charge is -2.11. The van der Waals surface area contributed by atoms with Gasteiger partial charge in [-0.05, 0) is 26.0 Å². The standard InChI is InChI=1S/C13H13ClN4O3/c1-8(2)17-12(5-6-15-17)16-13(19)9-3-4-11(18(20)21)10(14)7-9/h3-8H,1-2H3,(H,16,19). The monoisotopic (exact) mass is 308 g/mol. The van der Waals surface area contributed by atoms with Crippen molar-refractivity contribution in [2.75, 3.05) is 5.32 Å². The Hall–Kier alpha value is -2.41. The van der Waals surface area contributed by atoms with Crippen LogP contribution in [0, 0.1) is 10.1 Å². The summed E-state index contributed by atoms with van der Waals surface area (Å²) in [7, 11) is 0. The van der Waals surface area contributed by atoms with Gasteiger partial charge in [-0.15, -0.1) is 0 Å². The zero-order valence-electron chi connectivity index (χ0n) is 11.4. The highest BCUT2D eigenvalue weighted by Gasteiger charge is 2.16. The predicted octanol–water partition coefficient (Wildman–Crippen LogP) is 3.28. The number of benzene rings is 1. The van der Waals surface area contributed by atoms with Crippen molar-refractivity contribution in [2.45, 2.75) is 19.9 Å². The molecule has 2 aromatic rings.